The highest BCUT2D eigenvalue weighted by Crippen LogP contribution is 2.13. The number of carbonyl (C=O) groups excluding carboxylic acids is 1. The largest absolute Gasteiger partial charge is 0.344 e. The van der Waals surface area contributed by atoms with E-state index in [9.17, 15) is 4.79 Å². The van der Waals surface area contributed by atoms with Gasteiger partial charge in [0.1, 0.15) is 0 Å². The molecule has 0 fully saturated rings. The van der Waals surface area contributed by atoms with Crippen molar-refractivity contribution in [3.05, 3.63) is 72.6 Å². The Morgan fingerprint density at radius 3 is 2.39 bits per heavy atom. The zero-order valence-electron chi connectivity index (χ0n) is 12.4. The SMILES string of the molecule is O=C(NCCc1ccccc1)N(c1ccccc1)n1ncnn1. The third-order valence-corrected chi connectivity index (χ3v) is 3.24. The minimum absolute atomic E-state index is 0.315. The third kappa shape index (κ3) is 3.70. The molecule has 1 N–H and O–H groups in total. The van der Waals surface area contributed by atoms with E-state index in [1.807, 2.05) is 48.5 Å². The van der Waals surface area contributed by atoms with Crippen LogP contribution in [0, 0.1) is 0 Å². The van der Waals surface area contributed by atoms with Gasteiger partial charge in [-0.15, -0.1) is 10.2 Å². The van der Waals surface area contributed by atoms with E-state index in [0.717, 1.165) is 16.9 Å². The van der Waals surface area contributed by atoms with Crippen molar-refractivity contribution in [2.75, 3.05) is 11.6 Å². The van der Waals surface area contributed by atoms with Crippen molar-refractivity contribution in [3.63, 3.8) is 0 Å². The van der Waals surface area contributed by atoms with Gasteiger partial charge < -0.3 is 5.32 Å². The number of nitrogens with zero attached hydrogens (tertiary/aromatic N) is 5. The second-order valence-electron chi connectivity index (χ2n) is 4.82. The number of amides is 2. The van der Waals surface area contributed by atoms with Gasteiger partial charge in [-0.25, -0.2) is 4.79 Å². The number of urea groups is 1. The van der Waals surface area contributed by atoms with Gasteiger partial charge in [0, 0.05) is 6.54 Å². The molecule has 2 amide bonds. The predicted molar refractivity (Wildman–Crippen MR) is 85.7 cm³/mol. The van der Waals surface area contributed by atoms with E-state index in [-0.39, 0.29) is 6.03 Å². The minimum Gasteiger partial charge on any atom is -0.336 e. The van der Waals surface area contributed by atoms with E-state index in [4.69, 9.17) is 0 Å². The molecule has 2 aromatic carbocycles. The molecule has 0 atom stereocenters. The van der Waals surface area contributed by atoms with Gasteiger partial charge >= 0.3 is 6.03 Å². The minimum atomic E-state index is -0.315. The summed E-state index contributed by atoms with van der Waals surface area (Å²) in [7, 11) is 0. The second-order valence-corrected chi connectivity index (χ2v) is 4.82. The van der Waals surface area contributed by atoms with Crippen LogP contribution in [0.2, 0.25) is 0 Å². The summed E-state index contributed by atoms with van der Waals surface area (Å²) in [6, 6.07) is 18.8. The van der Waals surface area contributed by atoms with Crippen molar-refractivity contribution in [2.45, 2.75) is 6.42 Å². The number of benzene rings is 2. The van der Waals surface area contributed by atoms with Crippen LogP contribution in [0.4, 0.5) is 10.5 Å². The lowest BCUT2D eigenvalue weighted by Crippen LogP contribution is -2.45. The Bertz CT molecular complexity index is 730. The van der Waals surface area contributed by atoms with Crippen LogP contribution in [-0.2, 0) is 6.42 Å². The van der Waals surface area contributed by atoms with Gasteiger partial charge in [-0.05, 0) is 29.3 Å². The molecule has 116 valence electrons. The van der Waals surface area contributed by atoms with Crippen molar-refractivity contribution in [1.82, 2.24) is 25.6 Å². The van der Waals surface area contributed by atoms with Crippen LogP contribution in [-0.4, -0.2) is 32.9 Å². The van der Waals surface area contributed by atoms with E-state index in [0.29, 0.717) is 12.2 Å². The van der Waals surface area contributed by atoms with Crippen molar-refractivity contribution in [2.24, 2.45) is 0 Å². The van der Waals surface area contributed by atoms with E-state index in [1.54, 1.807) is 12.1 Å². The smallest absolute Gasteiger partial charge is 0.336 e. The first-order valence-corrected chi connectivity index (χ1v) is 7.25. The molecular formula is C16H16N6O. The molecule has 0 aliphatic heterocycles. The predicted octanol–water partition coefficient (Wildman–Crippen LogP) is 1.90. The fourth-order valence-corrected chi connectivity index (χ4v) is 2.16. The van der Waals surface area contributed by atoms with Gasteiger partial charge in [-0.3, -0.25) is 0 Å². The number of nitrogens with one attached hydrogen (secondary N) is 1. The average molecular weight is 308 g/mol. The number of aromatic nitrogens is 4. The molecule has 0 bridgehead atoms. The van der Waals surface area contributed by atoms with Crippen LogP contribution in [0.15, 0.2) is 67.0 Å². The van der Waals surface area contributed by atoms with E-state index < -0.39 is 0 Å². The van der Waals surface area contributed by atoms with Crippen LogP contribution in [0.1, 0.15) is 5.56 Å². The molecular weight excluding hydrogens is 292 g/mol. The van der Waals surface area contributed by atoms with Gasteiger partial charge in [0.05, 0.1) is 5.69 Å². The van der Waals surface area contributed by atoms with E-state index in [1.165, 1.54) is 11.3 Å². The summed E-state index contributed by atoms with van der Waals surface area (Å²) >= 11 is 0. The zero-order chi connectivity index (χ0) is 15.9. The fraction of sp³-hybridized carbons (Fsp3) is 0.125. The number of hydrogen-bond acceptors (Lipinski definition) is 4. The summed E-state index contributed by atoms with van der Waals surface area (Å²) in [5.74, 6) is 0. The zero-order valence-corrected chi connectivity index (χ0v) is 12.4. The molecule has 3 aromatic rings. The molecule has 1 heterocycles. The van der Waals surface area contributed by atoms with E-state index >= 15 is 0 Å². The molecule has 0 aliphatic carbocycles. The molecule has 0 saturated heterocycles. The fourth-order valence-electron chi connectivity index (χ4n) is 2.16. The molecule has 3 rings (SSSR count). The second kappa shape index (κ2) is 7.17. The molecule has 7 heteroatoms. The van der Waals surface area contributed by atoms with Crippen LogP contribution in [0.25, 0.3) is 0 Å². The topological polar surface area (TPSA) is 75.9 Å². The van der Waals surface area contributed by atoms with Crippen LogP contribution < -0.4 is 10.3 Å². The highest BCUT2D eigenvalue weighted by atomic mass is 16.2. The Balaban J connectivity index is 1.69. The first-order valence-electron chi connectivity index (χ1n) is 7.25. The molecule has 0 spiro atoms. The first-order chi connectivity index (χ1) is 11.3. The molecule has 1 aromatic heterocycles. The van der Waals surface area contributed by atoms with Gasteiger partial charge in [0.2, 0.25) is 0 Å². The summed E-state index contributed by atoms with van der Waals surface area (Å²) < 4.78 is 0. The van der Waals surface area contributed by atoms with Crippen molar-refractivity contribution in [3.8, 4) is 0 Å². The van der Waals surface area contributed by atoms with Gasteiger partial charge in [0.15, 0.2) is 6.33 Å². The summed E-state index contributed by atoms with van der Waals surface area (Å²) in [5.41, 5.74) is 1.82. The lowest BCUT2D eigenvalue weighted by Gasteiger charge is -2.20. The Kier molecular flexibility index (Phi) is 4.58. The Morgan fingerprint density at radius 2 is 1.74 bits per heavy atom. The molecule has 0 aliphatic rings. The third-order valence-electron chi connectivity index (χ3n) is 3.24. The Labute approximate surface area is 133 Å². The summed E-state index contributed by atoms with van der Waals surface area (Å²) in [4.78, 5) is 13.7. The van der Waals surface area contributed by atoms with Crippen molar-refractivity contribution >= 4 is 11.7 Å². The van der Waals surface area contributed by atoms with Crippen LogP contribution in [0.3, 0.4) is 0 Å². The summed E-state index contributed by atoms with van der Waals surface area (Å²) in [5, 5.41) is 15.6. The quantitative estimate of drug-likeness (QED) is 0.781. The van der Waals surface area contributed by atoms with Gasteiger partial charge in [0.25, 0.3) is 0 Å². The number of hydrogen-bond donors (Lipinski definition) is 1. The number of tetrazole rings is 1. The van der Waals surface area contributed by atoms with Gasteiger partial charge in [-0.1, -0.05) is 53.4 Å². The molecule has 7 nitrogen and oxygen atoms in total. The van der Waals surface area contributed by atoms with Crippen LogP contribution >= 0.6 is 0 Å². The highest BCUT2D eigenvalue weighted by molar-refractivity contribution is 5.91. The maximum Gasteiger partial charge on any atom is 0.344 e. The lowest BCUT2D eigenvalue weighted by molar-refractivity contribution is 0.241. The van der Waals surface area contributed by atoms with Crippen LogP contribution in [0.5, 0.6) is 0 Å². The van der Waals surface area contributed by atoms with E-state index in [2.05, 4.69) is 20.7 Å². The normalized spacial score (nSPS) is 10.3. The summed E-state index contributed by atoms with van der Waals surface area (Å²) in [6.45, 7) is 0.515. The Hall–Kier alpha value is -3.22. The highest BCUT2D eigenvalue weighted by Gasteiger charge is 2.19. The number of carbonyl (C=O) groups is 1. The molecule has 0 radical (unpaired) electrons. The van der Waals surface area contributed by atoms with Crippen molar-refractivity contribution in [1.29, 1.82) is 0 Å². The standard InChI is InChI=1S/C16H16N6O/c23-16(17-12-11-14-7-3-1-4-8-14)21(22-19-13-18-20-22)15-9-5-2-6-10-15/h1-10,13H,11-12H2,(H,17,23). The van der Waals surface area contributed by atoms with Crippen molar-refractivity contribution < 1.29 is 4.79 Å². The number of rotatable bonds is 5. The molecule has 0 unspecified atom stereocenters. The first kappa shape index (κ1) is 14.7. The number of para-hydroxylation sites is 1. The monoisotopic (exact) mass is 308 g/mol. The van der Waals surface area contributed by atoms with Gasteiger partial charge in [-0.2, -0.15) is 5.01 Å². The average Bonchev–Trinajstić information content (AvgIpc) is 3.11. The molecule has 0 saturated carbocycles. The maximum atomic E-state index is 12.5. The number of anilines is 1. The molecule has 23 heavy (non-hydrogen) atoms. The summed E-state index contributed by atoms with van der Waals surface area (Å²) in [6.07, 6.45) is 2.03. The lowest BCUT2D eigenvalue weighted by atomic mass is 10.1. The Morgan fingerprint density at radius 1 is 1.04 bits per heavy atom. The maximum absolute atomic E-state index is 12.5.